The predicted molar refractivity (Wildman–Crippen MR) is 76.4 cm³/mol. The fourth-order valence-electron chi connectivity index (χ4n) is 2.41. The molecule has 0 radical (unpaired) electrons. The van der Waals surface area contributed by atoms with Crippen LogP contribution in [0.4, 0.5) is 0 Å². The van der Waals surface area contributed by atoms with Gasteiger partial charge in [0.05, 0.1) is 0 Å². The molecule has 0 aliphatic heterocycles. The Morgan fingerprint density at radius 2 is 1.94 bits per heavy atom. The molecule has 0 fully saturated rings. The Labute approximate surface area is 107 Å². The molecular weight excluding hydrogens is 206 g/mol. The summed E-state index contributed by atoms with van der Waals surface area (Å²) < 4.78 is 0. The van der Waals surface area contributed by atoms with Crippen LogP contribution < -0.4 is 5.32 Å². The lowest BCUT2D eigenvalue weighted by Crippen LogP contribution is -2.23. The average Bonchev–Trinajstić information content (AvgIpc) is 2.32. The molecule has 0 saturated heterocycles. The van der Waals surface area contributed by atoms with E-state index in [4.69, 9.17) is 0 Å². The van der Waals surface area contributed by atoms with Crippen molar-refractivity contribution < 1.29 is 0 Å². The minimum Gasteiger partial charge on any atom is -0.319 e. The first kappa shape index (κ1) is 14.2. The lowest BCUT2D eigenvalue weighted by molar-refractivity contribution is 0.370. The molecule has 1 N–H and O–H groups in total. The first-order chi connectivity index (χ1) is 8.17. The van der Waals surface area contributed by atoms with Crippen LogP contribution in [0.15, 0.2) is 24.3 Å². The first-order valence-corrected chi connectivity index (χ1v) is 6.86. The molecule has 0 aliphatic carbocycles. The van der Waals surface area contributed by atoms with Gasteiger partial charge >= 0.3 is 0 Å². The summed E-state index contributed by atoms with van der Waals surface area (Å²) in [7, 11) is 2.06. The zero-order valence-corrected chi connectivity index (χ0v) is 11.8. The molecule has 1 rings (SSSR count). The van der Waals surface area contributed by atoms with E-state index in [1.165, 1.54) is 30.4 Å². The first-order valence-electron chi connectivity index (χ1n) is 6.86. The van der Waals surface area contributed by atoms with E-state index < -0.39 is 0 Å². The van der Waals surface area contributed by atoms with Crippen LogP contribution in [0.3, 0.4) is 0 Å². The van der Waals surface area contributed by atoms with Crippen LogP contribution in [-0.4, -0.2) is 13.6 Å². The fraction of sp³-hybridized carbons (Fsp3) is 0.625. The Morgan fingerprint density at radius 1 is 1.24 bits per heavy atom. The summed E-state index contributed by atoms with van der Waals surface area (Å²) in [6.07, 6.45) is 3.82. The maximum absolute atomic E-state index is 3.34. The van der Waals surface area contributed by atoms with E-state index >= 15 is 0 Å². The van der Waals surface area contributed by atoms with Crippen molar-refractivity contribution in [1.29, 1.82) is 0 Å². The number of rotatable bonds is 7. The topological polar surface area (TPSA) is 12.0 Å². The maximum atomic E-state index is 3.34. The Bertz CT molecular complexity index is 319. The average molecular weight is 233 g/mol. The van der Waals surface area contributed by atoms with Crippen molar-refractivity contribution in [2.75, 3.05) is 13.6 Å². The van der Waals surface area contributed by atoms with Crippen molar-refractivity contribution in [3.8, 4) is 0 Å². The normalized spacial score (nSPS) is 14.6. The van der Waals surface area contributed by atoms with E-state index in [0.717, 1.165) is 18.4 Å². The SMILES string of the molecule is CCC(C)CC(CNC)Cc1ccccc1C. The summed E-state index contributed by atoms with van der Waals surface area (Å²) in [6.45, 7) is 7.99. The van der Waals surface area contributed by atoms with Gasteiger partial charge in [0.15, 0.2) is 0 Å². The molecule has 0 saturated carbocycles. The molecular formula is C16H27N. The number of hydrogen-bond acceptors (Lipinski definition) is 1. The quantitative estimate of drug-likeness (QED) is 0.755. The van der Waals surface area contributed by atoms with E-state index in [0.29, 0.717) is 0 Å². The van der Waals surface area contributed by atoms with Gasteiger partial charge in [-0.3, -0.25) is 0 Å². The summed E-state index contributed by atoms with van der Waals surface area (Å²) in [5.74, 6) is 1.59. The van der Waals surface area contributed by atoms with Crippen molar-refractivity contribution >= 4 is 0 Å². The van der Waals surface area contributed by atoms with Crippen LogP contribution in [0, 0.1) is 18.8 Å². The Kier molecular flexibility index (Phi) is 6.28. The molecule has 2 unspecified atom stereocenters. The van der Waals surface area contributed by atoms with E-state index in [9.17, 15) is 0 Å². The molecule has 1 heteroatoms. The highest BCUT2D eigenvalue weighted by atomic mass is 14.8. The van der Waals surface area contributed by atoms with Crippen molar-refractivity contribution in [3.05, 3.63) is 35.4 Å². The highest BCUT2D eigenvalue weighted by molar-refractivity contribution is 5.25. The summed E-state index contributed by atoms with van der Waals surface area (Å²) in [5.41, 5.74) is 2.94. The molecule has 0 aliphatic rings. The third kappa shape index (κ3) is 4.91. The van der Waals surface area contributed by atoms with Gasteiger partial charge in [0.2, 0.25) is 0 Å². The minimum atomic E-state index is 0.760. The fourth-order valence-corrected chi connectivity index (χ4v) is 2.41. The summed E-state index contributed by atoms with van der Waals surface area (Å²) in [6, 6.07) is 8.77. The second-order valence-electron chi connectivity index (χ2n) is 5.30. The Balaban J connectivity index is 2.63. The highest BCUT2D eigenvalue weighted by Crippen LogP contribution is 2.20. The molecule has 1 aromatic rings. The van der Waals surface area contributed by atoms with Gasteiger partial charge in [0.25, 0.3) is 0 Å². The summed E-state index contributed by atoms with van der Waals surface area (Å²) in [5, 5.41) is 3.34. The van der Waals surface area contributed by atoms with E-state index in [1.807, 2.05) is 0 Å². The molecule has 1 aromatic carbocycles. The zero-order chi connectivity index (χ0) is 12.7. The van der Waals surface area contributed by atoms with E-state index in [1.54, 1.807) is 0 Å². The monoisotopic (exact) mass is 233 g/mol. The van der Waals surface area contributed by atoms with Crippen LogP contribution in [0.1, 0.15) is 37.8 Å². The predicted octanol–water partition coefficient (Wildman–Crippen LogP) is 3.81. The van der Waals surface area contributed by atoms with Gasteiger partial charge in [-0.25, -0.2) is 0 Å². The number of benzene rings is 1. The van der Waals surface area contributed by atoms with Crippen LogP contribution in [0.5, 0.6) is 0 Å². The number of aryl methyl sites for hydroxylation is 1. The molecule has 2 atom stereocenters. The van der Waals surface area contributed by atoms with Crippen LogP contribution in [0.2, 0.25) is 0 Å². The Hall–Kier alpha value is -0.820. The van der Waals surface area contributed by atoms with Gasteiger partial charge in [0.1, 0.15) is 0 Å². The lowest BCUT2D eigenvalue weighted by atomic mass is 9.88. The van der Waals surface area contributed by atoms with Gasteiger partial charge in [-0.1, -0.05) is 44.5 Å². The molecule has 0 bridgehead atoms. The second-order valence-corrected chi connectivity index (χ2v) is 5.30. The molecule has 0 aromatic heterocycles. The lowest BCUT2D eigenvalue weighted by Gasteiger charge is -2.21. The Morgan fingerprint density at radius 3 is 2.53 bits per heavy atom. The highest BCUT2D eigenvalue weighted by Gasteiger charge is 2.13. The van der Waals surface area contributed by atoms with Gasteiger partial charge in [-0.2, -0.15) is 0 Å². The number of nitrogens with one attached hydrogen (secondary N) is 1. The largest absolute Gasteiger partial charge is 0.319 e. The zero-order valence-electron chi connectivity index (χ0n) is 11.8. The van der Waals surface area contributed by atoms with Crippen molar-refractivity contribution in [3.63, 3.8) is 0 Å². The third-order valence-electron chi connectivity index (χ3n) is 3.70. The standard InChI is InChI=1S/C16H27N/c1-5-13(2)10-15(12-17-4)11-16-9-7-6-8-14(16)3/h6-9,13,15,17H,5,10-12H2,1-4H3. The molecule has 0 amide bonds. The van der Waals surface area contributed by atoms with E-state index in [-0.39, 0.29) is 0 Å². The van der Waals surface area contributed by atoms with Crippen molar-refractivity contribution in [1.82, 2.24) is 5.32 Å². The van der Waals surface area contributed by atoms with Crippen LogP contribution in [0.25, 0.3) is 0 Å². The summed E-state index contributed by atoms with van der Waals surface area (Å²) in [4.78, 5) is 0. The molecule has 96 valence electrons. The van der Waals surface area contributed by atoms with Gasteiger partial charge in [-0.05, 0) is 56.3 Å². The van der Waals surface area contributed by atoms with Gasteiger partial charge in [0, 0.05) is 0 Å². The smallest absolute Gasteiger partial charge is 0.00202 e. The maximum Gasteiger partial charge on any atom is -0.00202 e. The molecule has 0 spiro atoms. The number of hydrogen-bond donors (Lipinski definition) is 1. The molecule has 1 nitrogen and oxygen atoms in total. The van der Waals surface area contributed by atoms with Crippen molar-refractivity contribution in [2.45, 2.75) is 40.0 Å². The van der Waals surface area contributed by atoms with E-state index in [2.05, 4.69) is 57.4 Å². The van der Waals surface area contributed by atoms with Gasteiger partial charge < -0.3 is 5.32 Å². The molecule has 17 heavy (non-hydrogen) atoms. The van der Waals surface area contributed by atoms with Crippen LogP contribution >= 0.6 is 0 Å². The summed E-state index contributed by atoms with van der Waals surface area (Å²) >= 11 is 0. The van der Waals surface area contributed by atoms with Crippen LogP contribution in [-0.2, 0) is 6.42 Å². The molecule has 0 heterocycles. The third-order valence-corrected chi connectivity index (χ3v) is 3.70. The second kappa shape index (κ2) is 7.50. The van der Waals surface area contributed by atoms with Crippen molar-refractivity contribution in [2.24, 2.45) is 11.8 Å². The van der Waals surface area contributed by atoms with Gasteiger partial charge in [-0.15, -0.1) is 0 Å². The minimum absolute atomic E-state index is 0.760.